The summed E-state index contributed by atoms with van der Waals surface area (Å²) in [6, 6.07) is 2.92. The molecule has 1 aromatic rings. The minimum absolute atomic E-state index is 0.166. The Morgan fingerprint density at radius 3 is 2.78 bits per heavy atom. The third-order valence-electron chi connectivity index (χ3n) is 4.27. The maximum atomic E-state index is 12.5. The smallest absolute Gasteiger partial charge is 0.352 e. The van der Waals surface area contributed by atoms with Gasteiger partial charge in [-0.25, -0.2) is 4.79 Å². The van der Waals surface area contributed by atoms with Crippen LogP contribution in [0.4, 0.5) is 0 Å². The molecule has 0 aliphatic carbocycles. The zero-order chi connectivity index (χ0) is 19.7. The number of fused-ring (bicyclic) bond motifs is 1. The average molecular weight is 410 g/mol. The second-order valence-corrected chi connectivity index (χ2v) is 8.28. The topological polar surface area (TPSA) is 113 Å². The third-order valence-corrected chi connectivity index (χ3v) is 6.44. The number of esters is 1. The molecule has 2 aliphatic rings. The van der Waals surface area contributed by atoms with E-state index in [0.717, 1.165) is 4.88 Å². The average Bonchev–Trinajstić information content (AvgIpc) is 3.10. The Balaban J connectivity index is 1.74. The first kappa shape index (κ1) is 19.4. The SMILES string of the molecule is CC(=O)OC(C)C1=C(C(=O)O)N2C(=O)[C@@H](NC(=O)Cc3cccs3)[C@H]2SC1. The summed E-state index contributed by atoms with van der Waals surface area (Å²) in [5.41, 5.74) is 0.205. The van der Waals surface area contributed by atoms with Gasteiger partial charge in [0.25, 0.3) is 5.91 Å². The number of hydrogen-bond acceptors (Lipinski definition) is 7. The number of carboxylic acids is 1. The number of β-lactam (4-membered cyclic amide) rings is 1. The number of aliphatic carboxylic acids is 1. The van der Waals surface area contributed by atoms with Crippen LogP contribution in [0.1, 0.15) is 18.7 Å². The number of amides is 2. The number of carbonyl (C=O) groups excluding carboxylic acids is 3. The van der Waals surface area contributed by atoms with Crippen LogP contribution < -0.4 is 5.32 Å². The van der Waals surface area contributed by atoms with E-state index in [0.29, 0.717) is 11.3 Å². The Morgan fingerprint density at radius 1 is 1.44 bits per heavy atom. The van der Waals surface area contributed by atoms with Gasteiger partial charge in [-0.3, -0.25) is 19.3 Å². The number of hydrogen-bond donors (Lipinski definition) is 2. The lowest BCUT2D eigenvalue weighted by molar-refractivity contribution is -0.151. The lowest BCUT2D eigenvalue weighted by Gasteiger charge is -2.49. The highest BCUT2D eigenvalue weighted by molar-refractivity contribution is 8.00. The standard InChI is InChI=1S/C17H18N2O6S2/c1-8(25-9(2)20)11-7-27-16-13(15(22)19(16)14(11)17(23)24)18-12(21)6-10-4-3-5-26-10/h3-5,8,13,16H,6-7H2,1-2H3,(H,18,21)(H,23,24)/t8?,13-,16-/m1/s1. The van der Waals surface area contributed by atoms with Crippen LogP contribution in [0.15, 0.2) is 28.8 Å². The fourth-order valence-corrected chi connectivity index (χ4v) is 5.23. The summed E-state index contributed by atoms with van der Waals surface area (Å²) in [6.45, 7) is 2.81. The highest BCUT2D eigenvalue weighted by atomic mass is 32.2. The van der Waals surface area contributed by atoms with E-state index < -0.39 is 35.4 Å². The molecule has 3 atom stereocenters. The normalized spacial score (nSPS) is 22.6. The highest BCUT2D eigenvalue weighted by Crippen LogP contribution is 2.41. The van der Waals surface area contributed by atoms with Crippen LogP contribution in [0, 0.1) is 0 Å². The Bertz CT molecular complexity index is 819. The van der Waals surface area contributed by atoms with Crippen molar-refractivity contribution < 1.29 is 29.0 Å². The molecule has 0 aromatic carbocycles. The Hall–Kier alpha value is -2.33. The second kappa shape index (κ2) is 7.73. The van der Waals surface area contributed by atoms with Crippen molar-refractivity contribution in [2.45, 2.75) is 37.8 Å². The van der Waals surface area contributed by atoms with E-state index in [-0.39, 0.29) is 18.0 Å². The van der Waals surface area contributed by atoms with Crippen LogP contribution in [-0.2, 0) is 30.3 Å². The van der Waals surface area contributed by atoms with Crippen molar-refractivity contribution in [1.29, 1.82) is 0 Å². The van der Waals surface area contributed by atoms with Gasteiger partial charge >= 0.3 is 11.9 Å². The number of rotatable bonds is 6. The summed E-state index contributed by atoms with van der Waals surface area (Å²) < 4.78 is 5.08. The summed E-state index contributed by atoms with van der Waals surface area (Å²) in [4.78, 5) is 49.7. The summed E-state index contributed by atoms with van der Waals surface area (Å²) in [5.74, 6) is -2.25. The number of ether oxygens (including phenoxy) is 1. The Morgan fingerprint density at radius 2 is 2.19 bits per heavy atom. The number of carboxylic acid groups (broad SMARTS) is 1. The van der Waals surface area contributed by atoms with E-state index in [1.807, 2.05) is 17.5 Å². The zero-order valence-corrected chi connectivity index (χ0v) is 16.3. The number of nitrogens with one attached hydrogen (secondary N) is 1. The molecule has 0 bridgehead atoms. The minimum Gasteiger partial charge on any atom is -0.477 e. The van der Waals surface area contributed by atoms with Gasteiger partial charge in [-0.05, 0) is 18.4 Å². The summed E-state index contributed by atoms with van der Waals surface area (Å²) >= 11 is 2.79. The van der Waals surface area contributed by atoms with Gasteiger partial charge in [-0.15, -0.1) is 23.1 Å². The predicted molar refractivity (Wildman–Crippen MR) is 98.9 cm³/mol. The molecule has 0 spiro atoms. The fourth-order valence-electron chi connectivity index (χ4n) is 3.07. The van der Waals surface area contributed by atoms with Gasteiger partial charge in [0.15, 0.2) is 0 Å². The van der Waals surface area contributed by atoms with Crippen LogP contribution in [0.25, 0.3) is 0 Å². The molecule has 3 rings (SSSR count). The Labute approximate surface area is 163 Å². The fraction of sp³-hybridized carbons (Fsp3) is 0.412. The molecule has 0 radical (unpaired) electrons. The first-order chi connectivity index (χ1) is 12.8. The van der Waals surface area contributed by atoms with Crippen molar-refractivity contribution in [1.82, 2.24) is 10.2 Å². The largest absolute Gasteiger partial charge is 0.477 e. The van der Waals surface area contributed by atoms with Crippen molar-refractivity contribution in [3.63, 3.8) is 0 Å². The van der Waals surface area contributed by atoms with Crippen LogP contribution >= 0.6 is 23.1 Å². The molecule has 1 saturated heterocycles. The summed E-state index contributed by atoms with van der Waals surface area (Å²) in [5, 5.41) is 13.7. The van der Waals surface area contributed by atoms with Crippen molar-refractivity contribution in [2.24, 2.45) is 0 Å². The number of nitrogens with zero attached hydrogens (tertiary/aromatic N) is 1. The van der Waals surface area contributed by atoms with Gasteiger partial charge in [-0.1, -0.05) is 6.07 Å². The van der Waals surface area contributed by atoms with E-state index in [1.165, 1.54) is 34.9 Å². The van der Waals surface area contributed by atoms with Crippen LogP contribution in [0.3, 0.4) is 0 Å². The molecule has 2 aliphatic heterocycles. The van der Waals surface area contributed by atoms with Gasteiger partial charge in [0.2, 0.25) is 5.91 Å². The quantitative estimate of drug-likeness (QED) is 0.531. The molecular weight excluding hydrogens is 392 g/mol. The third kappa shape index (κ3) is 3.86. The molecule has 3 heterocycles. The molecule has 2 amide bonds. The van der Waals surface area contributed by atoms with Gasteiger partial charge in [0.1, 0.15) is 23.2 Å². The van der Waals surface area contributed by atoms with Gasteiger partial charge in [0.05, 0.1) is 6.42 Å². The number of carbonyl (C=O) groups is 4. The lowest BCUT2D eigenvalue weighted by atomic mass is 10.0. The molecular formula is C17H18N2O6S2. The molecule has 1 unspecified atom stereocenters. The first-order valence-electron chi connectivity index (χ1n) is 8.19. The predicted octanol–water partition coefficient (Wildman–Crippen LogP) is 0.981. The second-order valence-electron chi connectivity index (χ2n) is 6.14. The maximum absolute atomic E-state index is 12.5. The minimum atomic E-state index is -1.26. The first-order valence-corrected chi connectivity index (χ1v) is 10.1. The van der Waals surface area contributed by atoms with Crippen molar-refractivity contribution in [2.75, 3.05) is 5.75 Å². The molecule has 1 aromatic heterocycles. The molecule has 10 heteroatoms. The van der Waals surface area contributed by atoms with Gasteiger partial charge in [0, 0.05) is 23.1 Å². The van der Waals surface area contributed by atoms with E-state index in [1.54, 1.807) is 6.92 Å². The van der Waals surface area contributed by atoms with Crippen molar-refractivity contribution in [3.05, 3.63) is 33.7 Å². The molecule has 8 nitrogen and oxygen atoms in total. The van der Waals surface area contributed by atoms with Crippen LogP contribution in [-0.4, -0.2) is 57.0 Å². The van der Waals surface area contributed by atoms with E-state index in [2.05, 4.69) is 5.32 Å². The summed E-state index contributed by atoms with van der Waals surface area (Å²) in [6.07, 6.45) is -0.572. The highest BCUT2D eigenvalue weighted by Gasteiger charge is 2.54. The van der Waals surface area contributed by atoms with Gasteiger partial charge < -0.3 is 15.2 Å². The summed E-state index contributed by atoms with van der Waals surface area (Å²) in [7, 11) is 0. The lowest BCUT2D eigenvalue weighted by Crippen LogP contribution is -2.70. The van der Waals surface area contributed by atoms with Crippen molar-refractivity contribution >= 4 is 46.9 Å². The monoisotopic (exact) mass is 410 g/mol. The van der Waals surface area contributed by atoms with Crippen LogP contribution in [0.2, 0.25) is 0 Å². The number of thiophene rings is 1. The van der Waals surface area contributed by atoms with E-state index >= 15 is 0 Å². The zero-order valence-electron chi connectivity index (χ0n) is 14.6. The number of thioether (sulfide) groups is 1. The van der Waals surface area contributed by atoms with E-state index in [9.17, 15) is 24.3 Å². The molecule has 0 saturated carbocycles. The molecule has 27 heavy (non-hydrogen) atoms. The van der Waals surface area contributed by atoms with Crippen LogP contribution in [0.5, 0.6) is 0 Å². The Kier molecular flexibility index (Phi) is 5.56. The van der Waals surface area contributed by atoms with E-state index in [4.69, 9.17) is 4.74 Å². The molecule has 1 fully saturated rings. The molecule has 2 N–H and O–H groups in total. The van der Waals surface area contributed by atoms with Gasteiger partial charge in [-0.2, -0.15) is 0 Å². The van der Waals surface area contributed by atoms with Crippen molar-refractivity contribution in [3.8, 4) is 0 Å². The maximum Gasteiger partial charge on any atom is 0.352 e. The molecule has 144 valence electrons.